The molecule has 1 N–H and O–H groups in total. The molecule has 0 radical (unpaired) electrons. The number of piperidine rings is 1. The molecule has 0 amide bonds. The highest BCUT2D eigenvalue weighted by atomic mass is 16.5. The van der Waals surface area contributed by atoms with Crippen LogP contribution in [-0.4, -0.2) is 43.2 Å². The molecule has 1 heterocycles. The number of likely N-dealkylation sites (tertiary alicyclic amines) is 1. The zero-order valence-corrected chi connectivity index (χ0v) is 13.7. The maximum Gasteiger partial charge on any atom is 0.306 e. The van der Waals surface area contributed by atoms with Gasteiger partial charge in [-0.15, -0.1) is 0 Å². The van der Waals surface area contributed by atoms with Crippen LogP contribution in [0.4, 0.5) is 0 Å². The maximum atomic E-state index is 11.7. The minimum absolute atomic E-state index is 0.141. The molecule has 0 saturated carbocycles. The third-order valence-electron chi connectivity index (χ3n) is 4.11. The zero-order chi connectivity index (χ0) is 16.5. The standard InChI is InChI=1S/C18H25N3O2/c1-2-23-18(22)11-16-10-17(14-21(13-16)9-8-19)20-12-15-6-4-3-5-7-15/h3-7,16-17,20H,2,9-14H2,1H3. The first kappa shape index (κ1) is 17.5. The van der Waals surface area contributed by atoms with Crippen molar-refractivity contribution < 1.29 is 9.53 Å². The summed E-state index contributed by atoms with van der Waals surface area (Å²) in [7, 11) is 0. The second kappa shape index (κ2) is 9.29. The lowest BCUT2D eigenvalue weighted by atomic mass is 9.91. The van der Waals surface area contributed by atoms with Crippen LogP contribution in [0.5, 0.6) is 0 Å². The van der Waals surface area contributed by atoms with Gasteiger partial charge in [-0.1, -0.05) is 30.3 Å². The molecule has 5 nitrogen and oxygen atoms in total. The van der Waals surface area contributed by atoms with Gasteiger partial charge in [-0.05, 0) is 24.8 Å². The van der Waals surface area contributed by atoms with Gasteiger partial charge in [-0.2, -0.15) is 5.26 Å². The molecular formula is C18H25N3O2. The summed E-state index contributed by atoms with van der Waals surface area (Å²) in [5.41, 5.74) is 1.24. The number of benzene rings is 1. The first-order valence-corrected chi connectivity index (χ1v) is 8.23. The van der Waals surface area contributed by atoms with E-state index in [-0.39, 0.29) is 17.9 Å². The van der Waals surface area contributed by atoms with Crippen molar-refractivity contribution in [2.75, 3.05) is 26.2 Å². The van der Waals surface area contributed by atoms with Crippen LogP contribution in [0.3, 0.4) is 0 Å². The molecule has 1 aromatic rings. The average molecular weight is 315 g/mol. The molecule has 1 saturated heterocycles. The van der Waals surface area contributed by atoms with E-state index >= 15 is 0 Å². The molecule has 2 unspecified atom stereocenters. The number of hydrogen-bond acceptors (Lipinski definition) is 5. The van der Waals surface area contributed by atoms with Crippen molar-refractivity contribution in [1.29, 1.82) is 5.26 Å². The highest BCUT2D eigenvalue weighted by Gasteiger charge is 2.28. The molecular weight excluding hydrogens is 290 g/mol. The van der Waals surface area contributed by atoms with E-state index in [1.807, 2.05) is 25.1 Å². The van der Waals surface area contributed by atoms with Crippen LogP contribution >= 0.6 is 0 Å². The molecule has 23 heavy (non-hydrogen) atoms. The lowest BCUT2D eigenvalue weighted by molar-refractivity contribution is -0.144. The second-order valence-electron chi connectivity index (χ2n) is 6.03. The molecule has 2 atom stereocenters. The highest BCUT2D eigenvalue weighted by Crippen LogP contribution is 2.21. The Hall–Kier alpha value is -1.90. The van der Waals surface area contributed by atoms with Gasteiger partial charge in [-0.3, -0.25) is 9.69 Å². The van der Waals surface area contributed by atoms with Crippen molar-refractivity contribution in [3.8, 4) is 6.07 Å². The summed E-state index contributed by atoms with van der Waals surface area (Å²) < 4.78 is 5.06. The monoisotopic (exact) mass is 315 g/mol. The van der Waals surface area contributed by atoms with Gasteiger partial charge in [-0.25, -0.2) is 0 Å². The van der Waals surface area contributed by atoms with E-state index in [0.717, 1.165) is 26.1 Å². The number of ether oxygens (including phenoxy) is 1. The first-order valence-electron chi connectivity index (χ1n) is 8.23. The summed E-state index contributed by atoms with van der Waals surface area (Å²) in [6.45, 7) is 5.09. The summed E-state index contributed by atoms with van der Waals surface area (Å²) in [6.07, 6.45) is 1.37. The number of nitrogens with one attached hydrogen (secondary N) is 1. The number of hydrogen-bond donors (Lipinski definition) is 1. The van der Waals surface area contributed by atoms with Crippen LogP contribution < -0.4 is 5.32 Å². The zero-order valence-electron chi connectivity index (χ0n) is 13.7. The summed E-state index contributed by atoms with van der Waals surface area (Å²) >= 11 is 0. The molecule has 1 aliphatic rings. The Labute approximate surface area is 138 Å². The van der Waals surface area contributed by atoms with Gasteiger partial charge in [0.1, 0.15) is 0 Å². The van der Waals surface area contributed by atoms with E-state index in [1.54, 1.807) is 0 Å². The number of esters is 1. The van der Waals surface area contributed by atoms with Gasteiger partial charge < -0.3 is 10.1 Å². The lowest BCUT2D eigenvalue weighted by Gasteiger charge is -2.36. The summed E-state index contributed by atoms with van der Waals surface area (Å²) in [5.74, 6) is 0.0996. The maximum absolute atomic E-state index is 11.7. The van der Waals surface area contributed by atoms with Crippen molar-refractivity contribution in [2.24, 2.45) is 5.92 Å². The van der Waals surface area contributed by atoms with Crippen LogP contribution in [0.25, 0.3) is 0 Å². The predicted octanol–water partition coefficient (Wildman–Crippen LogP) is 1.94. The molecule has 1 aliphatic heterocycles. The minimum atomic E-state index is -0.141. The quantitative estimate of drug-likeness (QED) is 0.615. The third kappa shape index (κ3) is 6.01. The van der Waals surface area contributed by atoms with Crippen molar-refractivity contribution in [1.82, 2.24) is 10.2 Å². The lowest BCUT2D eigenvalue weighted by Crippen LogP contribution is -2.49. The summed E-state index contributed by atoms with van der Waals surface area (Å²) in [5, 5.41) is 12.5. The Morgan fingerprint density at radius 2 is 2.17 bits per heavy atom. The molecule has 0 spiro atoms. The Morgan fingerprint density at radius 3 is 2.87 bits per heavy atom. The average Bonchev–Trinajstić information content (AvgIpc) is 2.54. The van der Waals surface area contributed by atoms with Crippen molar-refractivity contribution in [3.63, 3.8) is 0 Å². The van der Waals surface area contributed by atoms with Gasteiger partial charge >= 0.3 is 5.97 Å². The number of carbonyl (C=O) groups is 1. The van der Waals surface area contributed by atoms with Crippen LogP contribution in [-0.2, 0) is 16.1 Å². The molecule has 1 fully saturated rings. The minimum Gasteiger partial charge on any atom is -0.466 e. The van der Waals surface area contributed by atoms with Gasteiger partial charge in [0.05, 0.1) is 19.2 Å². The molecule has 2 rings (SSSR count). The van der Waals surface area contributed by atoms with Gasteiger partial charge in [0.2, 0.25) is 0 Å². The van der Waals surface area contributed by atoms with Crippen molar-refractivity contribution in [2.45, 2.75) is 32.4 Å². The van der Waals surface area contributed by atoms with Crippen molar-refractivity contribution in [3.05, 3.63) is 35.9 Å². The molecule has 0 aliphatic carbocycles. The van der Waals surface area contributed by atoms with E-state index in [4.69, 9.17) is 10.00 Å². The predicted molar refractivity (Wildman–Crippen MR) is 88.5 cm³/mol. The van der Waals surface area contributed by atoms with E-state index in [9.17, 15) is 4.79 Å². The van der Waals surface area contributed by atoms with E-state index in [1.165, 1.54) is 5.56 Å². The van der Waals surface area contributed by atoms with Crippen molar-refractivity contribution >= 4 is 5.97 Å². The SMILES string of the molecule is CCOC(=O)CC1CC(NCc2ccccc2)CN(CC#N)C1. The third-order valence-corrected chi connectivity index (χ3v) is 4.11. The topological polar surface area (TPSA) is 65.4 Å². The Bertz CT molecular complexity index is 527. The number of nitriles is 1. The van der Waals surface area contributed by atoms with Crippen LogP contribution in [0.15, 0.2) is 30.3 Å². The van der Waals surface area contributed by atoms with E-state index in [0.29, 0.717) is 19.6 Å². The van der Waals surface area contributed by atoms with Gasteiger partial charge in [0.25, 0.3) is 0 Å². The first-order chi connectivity index (χ1) is 11.2. The molecule has 1 aromatic carbocycles. The molecule has 0 bridgehead atoms. The van der Waals surface area contributed by atoms with Gasteiger partial charge in [0, 0.05) is 32.1 Å². The molecule has 0 aromatic heterocycles. The van der Waals surface area contributed by atoms with E-state index in [2.05, 4.69) is 28.4 Å². The Kier molecular flexibility index (Phi) is 7.05. The van der Waals surface area contributed by atoms with Crippen LogP contribution in [0.2, 0.25) is 0 Å². The normalized spacial score (nSPS) is 21.6. The fourth-order valence-corrected chi connectivity index (χ4v) is 3.14. The number of nitrogens with zero attached hydrogens (tertiary/aromatic N) is 2. The number of rotatable bonds is 7. The smallest absolute Gasteiger partial charge is 0.306 e. The van der Waals surface area contributed by atoms with Gasteiger partial charge in [0.15, 0.2) is 0 Å². The molecule has 124 valence electrons. The van der Waals surface area contributed by atoms with Crippen LogP contribution in [0, 0.1) is 17.2 Å². The summed E-state index contributed by atoms with van der Waals surface area (Å²) in [6, 6.07) is 12.8. The summed E-state index contributed by atoms with van der Waals surface area (Å²) in [4.78, 5) is 13.9. The highest BCUT2D eigenvalue weighted by molar-refractivity contribution is 5.69. The van der Waals surface area contributed by atoms with E-state index < -0.39 is 0 Å². The largest absolute Gasteiger partial charge is 0.466 e. The Balaban J connectivity index is 1.89. The molecule has 5 heteroatoms. The fraction of sp³-hybridized carbons (Fsp3) is 0.556. The number of carbonyl (C=O) groups excluding carboxylic acids is 1. The Morgan fingerprint density at radius 1 is 1.39 bits per heavy atom. The van der Waals surface area contributed by atoms with Crippen LogP contribution in [0.1, 0.15) is 25.3 Å². The second-order valence-corrected chi connectivity index (χ2v) is 6.03. The fourth-order valence-electron chi connectivity index (χ4n) is 3.14.